The van der Waals surface area contributed by atoms with Crippen LogP contribution in [0, 0.1) is 5.92 Å². The zero-order chi connectivity index (χ0) is 19.2. The highest BCUT2D eigenvalue weighted by Crippen LogP contribution is 2.47. The van der Waals surface area contributed by atoms with Gasteiger partial charge in [-0.3, -0.25) is 19.3 Å². The molecule has 0 bridgehead atoms. The summed E-state index contributed by atoms with van der Waals surface area (Å²) in [6.07, 6.45) is -0.994. The Balaban J connectivity index is 1.91. The Morgan fingerprint density at radius 1 is 1.00 bits per heavy atom. The quantitative estimate of drug-likeness (QED) is 0.810. The second-order valence-corrected chi connectivity index (χ2v) is 6.92. The number of likely N-dealkylation sites (tertiary alicyclic amines) is 1. The molecule has 6 heteroatoms. The van der Waals surface area contributed by atoms with Crippen LogP contribution in [-0.4, -0.2) is 40.3 Å². The third-order valence-electron chi connectivity index (χ3n) is 5.37. The minimum Gasteiger partial charge on any atom is -0.382 e. The molecule has 2 heterocycles. The van der Waals surface area contributed by atoms with Gasteiger partial charge in [-0.1, -0.05) is 49.4 Å². The number of aliphatic hydroxyl groups is 1. The van der Waals surface area contributed by atoms with Crippen molar-refractivity contribution in [3.05, 3.63) is 65.7 Å². The Morgan fingerprint density at radius 3 is 2.33 bits per heavy atom. The summed E-state index contributed by atoms with van der Waals surface area (Å²) in [5.74, 6) is -2.70. The van der Waals surface area contributed by atoms with Crippen LogP contribution < -0.4 is 5.32 Å². The first kappa shape index (κ1) is 17.4. The van der Waals surface area contributed by atoms with Gasteiger partial charge in [0.2, 0.25) is 5.91 Å². The van der Waals surface area contributed by atoms with E-state index in [0.29, 0.717) is 23.2 Å². The summed E-state index contributed by atoms with van der Waals surface area (Å²) in [6.45, 7) is 2.07. The summed E-state index contributed by atoms with van der Waals surface area (Å²) in [7, 11) is 0. The first-order chi connectivity index (χ1) is 13.0. The molecule has 27 heavy (non-hydrogen) atoms. The average Bonchev–Trinajstić information content (AvgIpc) is 3.10. The number of nitrogens with one attached hydrogen (secondary N) is 1. The monoisotopic (exact) mass is 364 g/mol. The molecule has 6 nitrogen and oxygen atoms in total. The second kappa shape index (κ2) is 6.32. The Labute approximate surface area is 156 Å². The SMILES string of the molecule is CCCN1C(=O)C(O)C(C2(c3ccccc3)Nc3ccccc3C2=O)C1=O. The molecule has 2 aromatic carbocycles. The number of hydrogen-bond acceptors (Lipinski definition) is 5. The molecule has 0 aliphatic carbocycles. The van der Waals surface area contributed by atoms with Gasteiger partial charge in [-0.15, -0.1) is 0 Å². The average molecular weight is 364 g/mol. The van der Waals surface area contributed by atoms with Crippen LogP contribution in [0.2, 0.25) is 0 Å². The largest absolute Gasteiger partial charge is 0.382 e. The number of ketones is 1. The summed E-state index contributed by atoms with van der Waals surface area (Å²) < 4.78 is 0. The van der Waals surface area contributed by atoms with E-state index < -0.39 is 29.4 Å². The van der Waals surface area contributed by atoms with Gasteiger partial charge in [0.05, 0.1) is 0 Å². The number of para-hydroxylation sites is 1. The maximum Gasteiger partial charge on any atom is 0.258 e. The minimum absolute atomic E-state index is 0.219. The van der Waals surface area contributed by atoms with Crippen molar-refractivity contribution in [2.24, 2.45) is 5.92 Å². The summed E-state index contributed by atoms with van der Waals surface area (Å²) in [5, 5.41) is 13.9. The fourth-order valence-electron chi connectivity index (χ4n) is 4.15. The molecule has 0 saturated carbocycles. The number of aliphatic hydroxyl groups excluding tert-OH is 1. The Morgan fingerprint density at radius 2 is 1.67 bits per heavy atom. The highest BCUT2D eigenvalue weighted by Gasteiger charge is 2.63. The second-order valence-electron chi connectivity index (χ2n) is 6.92. The van der Waals surface area contributed by atoms with Gasteiger partial charge in [0.25, 0.3) is 5.91 Å². The van der Waals surface area contributed by atoms with Gasteiger partial charge < -0.3 is 10.4 Å². The molecule has 3 unspecified atom stereocenters. The topological polar surface area (TPSA) is 86.7 Å². The standard InChI is InChI=1S/C21H20N2O4/c1-2-12-23-19(26)16(17(24)20(23)27)21(13-8-4-3-5-9-13)18(25)14-10-6-7-11-15(14)22-21/h3-11,16-17,22,24H,2,12H2,1H3. The van der Waals surface area contributed by atoms with Crippen molar-refractivity contribution in [1.82, 2.24) is 4.90 Å². The van der Waals surface area contributed by atoms with E-state index in [1.54, 1.807) is 48.5 Å². The number of hydrogen-bond donors (Lipinski definition) is 2. The molecule has 3 atom stereocenters. The summed E-state index contributed by atoms with van der Waals surface area (Å²) in [5.41, 5.74) is 0.0739. The van der Waals surface area contributed by atoms with Gasteiger partial charge in [-0.2, -0.15) is 0 Å². The van der Waals surface area contributed by atoms with Crippen LogP contribution in [0.4, 0.5) is 5.69 Å². The van der Waals surface area contributed by atoms with E-state index in [1.165, 1.54) is 0 Å². The molecule has 2 N–H and O–H groups in total. The van der Waals surface area contributed by atoms with Crippen LogP contribution in [-0.2, 0) is 15.1 Å². The molecule has 0 aromatic heterocycles. The number of nitrogens with zero attached hydrogens (tertiary/aromatic N) is 1. The zero-order valence-electron chi connectivity index (χ0n) is 14.9. The maximum atomic E-state index is 13.5. The summed E-state index contributed by atoms with van der Waals surface area (Å²) in [6, 6.07) is 15.8. The van der Waals surface area contributed by atoms with Gasteiger partial charge in [-0.25, -0.2) is 0 Å². The third kappa shape index (κ3) is 2.33. The number of rotatable bonds is 4. The van der Waals surface area contributed by atoms with E-state index in [-0.39, 0.29) is 12.3 Å². The molecule has 1 saturated heterocycles. The molecule has 0 radical (unpaired) electrons. The summed E-state index contributed by atoms with van der Waals surface area (Å²) in [4.78, 5) is 40.3. The Kier molecular flexibility index (Phi) is 4.08. The molecule has 2 amide bonds. The first-order valence-electron chi connectivity index (χ1n) is 9.03. The highest BCUT2D eigenvalue weighted by molar-refractivity contribution is 6.19. The van der Waals surface area contributed by atoms with E-state index in [2.05, 4.69) is 5.32 Å². The number of fused-ring (bicyclic) bond motifs is 1. The molecule has 4 rings (SSSR count). The Hall–Kier alpha value is -2.99. The van der Waals surface area contributed by atoms with E-state index in [4.69, 9.17) is 0 Å². The normalized spacial score (nSPS) is 27.0. The molecule has 138 valence electrons. The lowest BCUT2D eigenvalue weighted by Gasteiger charge is -2.34. The van der Waals surface area contributed by atoms with Crippen LogP contribution in [0.25, 0.3) is 0 Å². The van der Waals surface area contributed by atoms with Gasteiger partial charge in [0.1, 0.15) is 17.6 Å². The first-order valence-corrected chi connectivity index (χ1v) is 9.03. The van der Waals surface area contributed by atoms with Crippen molar-refractivity contribution in [1.29, 1.82) is 0 Å². The molecule has 2 aromatic rings. The van der Waals surface area contributed by atoms with Crippen molar-refractivity contribution >= 4 is 23.3 Å². The van der Waals surface area contributed by atoms with Gasteiger partial charge in [0, 0.05) is 17.8 Å². The molecule has 2 aliphatic rings. The van der Waals surface area contributed by atoms with Gasteiger partial charge in [0.15, 0.2) is 5.78 Å². The minimum atomic E-state index is -1.57. The predicted octanol–water partition coefficient (Wildman–Crippen LogP) is 1.95. The van der Waals surface area contributed by atoms with Crippen LogP contribution in [0.5, 0.6) is 0 Å². The predicted molar refractivity (Wildman–Crippen MR) is 99.0 cm³/mol. The van der Waals surface area contributed by atoms with E-state index >= 15 is 0 Å². The van der Waals surface area contributed by atoms with E-state index in [0.717, 1.165) is 4.90 Å². The van der Waals surface area contributed by atoms with E-state index in [1.807, 2.05) is 13.0 Å². The van der Waals surface area contributed by atoms with Crippen molar-refractivity contribution < 1.29 is 19.5 Å². The van der Waals surface area contributed by atoms with Crippen molar-refractivity contribution in [3.63, 3.8) is 0 Å². The number of benzene rings is 2. The van der Waals surface area contributed by atoms with Gasteiger partial charge >= 0.3 is 0 Å². The van der Waals surface area contributed by atoms with Crippen LogP contribution >= 0.6 is 0 Å². The molecular weight excluding hydrogens is 344 g/mol. The Bertz CT molecular complexity index is 927. The van der Waals surface area contributed by atoms with Gasteiger partial charge in [-0.05, 0) is 24.1 Å². The maximum absolute atomic E-state index is 13.5. The molecule has 0 spiro atoms. The number of carbonyl (C=O) groups is 3. The fourth-order valence-corrected chi connectivity index (χ4v) is 4.15. The fraction of sp³-hybridized carbons (Fsp3) is 0.286. The zero-order valence-corrected chi connectivity index (χ0v) is 14.9. The smallest absolute Gasteiger partial charge is 0.258 e. The highest BCUT2D eigenvalue weighted by atomic mass is 16.3. The number of carbonyl (C=O) groups excluding carboxylic acids is 3. The molecular formula is C21H20N2O4. The number of anilines is 1. The summed E-state index contributed by atoms with van der Waals surface area (Å²) >= 11 is 0. The molecule has 1 fully saturated rings. The van der Waals surface area contributed by atoms with Crippen molar-refractivity contribution in [2.45, 2.75) is 25.0 Å². The molecule has 2 aliphatic heterocycles. The van der Waals surface area contributed by atoms with Crippen LogP contribution in [0.1, 0.15) is 29.3 Å². The number of amides is 2. The van der Waals surface area contributed by atoms with Crippen molar-refractivity contribution in [3.8, 4) is 0 Å². The van der Waals surface area contributed by atoms with Crippen molar-refractivity contribution in [2.75, 3.05) is 11.9 Å². The lowest BCUT2D eigenvalue weighted by molar-refractivity contribution is -0.141. The number of imide groups is 1. The van der Waals surface area contributed by atoms with E-state index in [9.17, 15) is 19.5 Å². The lowest BCUT2D eigenvalue weighted by atomic mass is 9.73. The number of Topliss-reactive ketones (excluding diaryl/α,β-unsaturated/α-hetero) is 1. The lowest BCUT2D eigenvalue weighted by Crippen LogP contribution is -2.52. The van der Waals surface area contributed by atoms with Crippen LogP contribution in [0.3, 0.4) is 0 Å². The van der Waals surface area contributed by atoms with Crippen LogP contribution in [0.15, 0.2) is 54.6 Å². The third-order valence-corrected chi connectivity index (χ3v) is 5.37.